The maximum absolute atomic E-state index is 3.22. The lowest BCUT2D eigenvalue weighted by atomic mass is 9.76. The largest absolute Gasteiger partial charge is 0.364 e. The van der Waals surface area contributed by atoms with E-state index >= 15 is 0 Å². The fraction of sp³-hybridized carbons (Fsp3) is 0.385. The van der Waals surface area contributed by atoms with Gasteiger partial charge in [0, 0.05) is 140 Å². The van der Waals surface area contributed by atoms with E-state index in [-0.39, 0.29) is 15.8 Å². The van der Waals surface area contributed by atoms with Crippen molar-refractivity contribution in [1.29, 1.82) is 0 Å². The molecule has 8 heteroatoms. The molecule has 9 fully saturated rings. The second-order valence-electron chi connectivity index (χ2n) is 27.0. The smallest absolute Gasteiger partial charge is 0.0413 e. The summed E-state index contributed by atoms with van der Waals surface area (Å²) in [6.07, 6.45) is 18.3. The first kappa shape index (κ1) is 53.6. The minimum Gasteiger partial charge on any atom is -0.364 e. The molecule has 18 unspecified atom stereocenters. The van der Waals surface area contributed by atoms with Gasteiger partial charge in [-0.3, -0.25) is 0 Å². The van der Waals surface area contributed by atoms with Crippen LogP contribution in [0.1, 0.15) is 89.9 Å². The molecule has 4 heterocycles. The highest BCUT2D eigenvalue weighted by atomic mass is 31.1. The van der Waals surface area contributed by atoms with E-state index in [2.05, 4.69) is 272 Å². The minimum atomic E-state index is -0.371. The van der Waals surface area contributed by atoms with E-state index in [1.165, 1.54) is 123 Å². The first-order chi connectivity index (χ1) is 42.7. The van der Waals surface area contributed by atoms with Crippen molar-refractivity contribution in [2.45, 2.75) is 184 Å². The molecule has 0 aromatic heterocycles. The molecule has 0 bridgehead atoms. The van der Waals surface area contributed by atoms with Crippen molar-refractivity contribution >= 4 is 61.3 Å². The van der Waals surface area contributed by atoms with Gasteiger partial charge >= 0.3 is 0 Å². The number of para-hydroxylation sites is 8. The van der Waals surface area contributed by atoms with E-state index in [4.69, 9.17) is 0 Å². The molecule has 17 rings (SSSR count). The monoisotopic (exact) mass is 1170 g/mol. The number of fused-ring (bicyclic) bond motifs is 8. The summed E-state index contributed by atoms with van der Waals surface area (Å²) in [5.74, 6) is 0. The van der Waals surface area contributed by atoms with Crippen LogP contribution in [-0.4, -0.2) is 94.4 Å². The van der Waals surface area contributed by atoms with E-state index in [9.17, 15) is 0 Å². The van der Waals surface area contributed by atoms with Crippen LogP contribution in [0, 0.1) is 0 Å². The van der Waals surface area contributed by atoms with E-state index < -0.39 is 0 Å². The van der Waals surface area contributed by atoms with Gasteiger partial charge in [-0.25, -0.2) is 0 Å². The van der Waals surface area contributed by atoms with E-state index in [0.717, 1.165) is 24.2 Å². The fourth-order valence-corrected chi connectivity index (χ4v) is 30.6. The van der Waals surface area contributed by atoms with Crippen molar-refractivity contribution in [3.8, 4) is 0 Å². The SMILES string of the molecule is c1ccc(N(c2ccccc2)C2CC3C4C(C2)N(c2ccccc2)C2CC5C(CC2P4C2CCCCC2N3c2ccccc2)P2C3CCCCC3N(c3ccccc3)C3CC(N(c4ccccc4)c4ccccc4)CC(C32)N5c2ccccc2)cc1. The van der Waals surface area contributed by atoms with Crippen LogP contribution in [0.4, 0.5) is 45.5 Å². The third kappa shape index (κ3) is 9.06. The highest BCUT2D eigenvalue weighted by Crippen LogP contribution is 2.76. The Morgan fingerprint density at radius 2 is 0.500 bits per heavy atom. The second kappa shape index (κ2) is 22.9. The van der Waals surface area contributed by atoms with Crippen LogP contribution < -0.4 is 29.4 Å². The van der Waals surface area contributed by atoms with Crippen molar-refractivity contribution in [2.75, 3.05) is 29.4 Å². The van der Waals surface area contributed by atoms with Gasteiger partial charge in [0.15, 0.2) is 0 Å². The lowest BCUT2D eigenvalue weighted by molar-refractivity contribution is 0.214. The van der Waals surface area contributed by atoms with E-state index in [1.54, 1.807) is 0 Å². The normalized spacial score (nSPS) is 34.0. The quantitative estimate of drug-likeness (QED) is 0.126. The fourth-order valence-electron chi connectivity index (χ4n) is 20.4. The highest BCUT2D eigenvalue weighted by molar-refractivity contribution is 7.61. The molecule has 5 saturated carbocycles. The summed E-state index contributed by atoms with van der Waals surface area (Å²) < 4.78 is 0. The molecule has 6 nitrogen and oxygen atoms in total. The summed E-state index contributed by atoms with van der Waals surface area (Å²) in [4.78, 5) is 18.3. The summed E-state index contributed by atoms with van der Waals surface area (Å²) in [5, 5.41) is 0. The van der Waals surface area contributed by atoms with Crippen molar-refractivity contribution in [3.63, 3.8) is 0 Å². The van der Waals surface area contributed by atoms with E-state index in [0.29, 0.717) is 83.1 Å². The van der Waals surface area contributed by atoms with Crippen molar-refractivity contribution in [1.82, 2.24) is 0 Å². The highest BCUT2D eigenvalue weighted by Gasteiger charge is 2.68. The topological polar surface area (TPSA) is 19.4 Å². The van der Waals surface area contributed by atoms with Gasteiger partial charge in [-0.15, -0.1) is 0 Å². The number of hydrogen-bond acceptors (Lipinski definition) is 6. The molecule has 0 spiro atoms. The van der Waals surface area contributed by atoms with Crippen molar-refractivity contribution in [3.05, 3.63) is 243 Å². The summed E-state index contributed by atoms with van der Waals surface area (Å²) in [5.41, 5.74) is 15.3. The molecule has 4 aliphatic heterocycles. The minimum absolute atomic E-state index is 0.319. The van der Waals surface area contributed by atoms with Gasteiger partial charge in [-0.2, -0.15) is 0 Å². The third-order valence-corrected chi connectivity index (χ3v) is 31.2. The maximum atomic E-state index is 3.22. The second-order valence-corrected chi connectivity index (χ2v) is 32.7. The molecule has 9 aliphatic rings. The Morgan fingerprint density at radius 1 is 0.244 bits per heavy atom. The Hall–Kier alpha value is -6.58. The standard InChI is InChI=1S/C78H84N6P2/c1-9-29-55(30-10-1)79(56-31-11-2-12-32-56)63-49-69-77-71(51-63)83(61-41-21-7-22-42-61)67-53-68-76(54-75(67)85(77)73-47-27-25-45-65(73)81(69)59-37-17-5-18-38-59)86-74-48-28-26-46-66(74)82(60-39-19-6-20-40-60)70-50-64(52-72(78(70)86)84(68)62-43-23-8-24-44-62)80(57-33-13-3-14-34-57)58-35-15-4-16-36-58/h1-24,29-44,63-78H,25-28,45-54H2. The summed E-state index contributed by atoms with van der Waals surface area (Å²) in [7, 11) is -0.742. The number of hydrogen-bond donors (Lipinski definition) is 0. The Labute approximate surface area is 514 Å². The van der Waals surface area contributed by atoms with Crippen LogP contribution in [0.3, 0.4) is 0 Å². The first-order valence-electron chi connectivity index (χ1n) is 33.4. The third-order valence-electron chi connectivity index (χ3n) is 23.0. The molecular weight excluding hydrogens is 1080 g/mol. The molecule has 5 aliphatic carbocycles. The number of benzene rings is 8. The maximum Gasteiger partial charge on any atom is 0.0413 e. The number of anilines is 8. The number of nitrogens with zero attached hydrogens (tertiary/aromatic N) is 6. The summed E-state index contributed by atoms with van der Waals surface area (Å²) >= 11 is 0. The molecule has 8 aromatic carbocycles. The Balaban J connectivity index is 0.861. The van der Waals surface area contributed by atoms with Gasteiger partial charge in [0.2, 0.25) is 0 Å². The van der Waals surface area contributed by atoms with Crippen LogP contribution in [-0.2, 0) is 0 Å². The van der Waals surface area contributed by atoms with Gasteiger partial charge in [0.25, 0.3) is 0 Å². The molecule has 18 atom stereocenters. The molecule has 0 amide bonds. The molecule has 8 aromatic rings. The molecular formula is C78H84N6P2. The van der Waals surface area contributed by atoms with Crippen LogP contribution in [0.25, 0.3) is 0 Å². The van der Waals surface area contributed by atoms with Crippen LogP contribution in [0.2, 0.25) is 0 Å². The summed E-state index contributed by atoms with van der Waals surface area (Å²) in [6.45, 7) is 0. The van der Waals surface area contributed by atoms with Gasteiger partial charge in [0.1, 0.15) is 0 Å². The molecule has 436 valence electrons. The van der Waals surface area contributed by atoms with E-state index in [1.807, 2.05) is 0 Å². The van der Waals surface area contributed by atoms with Crippen molar-refractivity contribution in [2.24, 2.45) is 0 Å². The average Bonchev–Trinajstić information content (AvgIpc) is 0.707. The summed E-state index contributed by atoms with van der Waals surface area (Å²) in [6, 6.07) is 98.7. The Kier molecular flexibility index (Phi) is 14.3. The van der Waals surface area contributed by atoms with Crippen LogP contribution in [0.15, 0.2) is 243 Å². The Morgan fingerprint density at radius 3 is 0.791 bits per heavy atom. The predicted octanol–water partition coefficient (Wildman–Crippen LogP) is 18.1. The zero-order valence-corrected chi connectivity index (χ0v) is 51.6. The molecule has 4 saturated heterocycles. The average molecular weight is 1170 g/mol. The zero-order valence-electron chi connectivity index (χ0n) is 49.8. The van der Waals surface area contributed by atoms with Crippen LogP contribution >= 0.6 is 15.8 Å². The lowest BCUT2D eigenvalue weighted by Crippen LogP contribution is -2.77. The van der Waals surface area contributed by atoms with Crippen molar-refractivity contribution < 1.29 is 0 Å². The molecule has 0 N–H and O–H groups in total. The predicted molar refractivity (Wildman–Crippen MR) is 365 cm³/mol. The van der Waals surface area contributed by atoms with Gasteiger partial charge in [0.05, 0.1) is 0 Å². The van der Waals surface area contributed by atoms with Gasteiger partial charge in [-0.05, 0) is 161 Å². The lowest BCUT2D eigenvalue weighted by Gasteiger charge is -2.73. The Bertz CT molecular complexity index is 3220. The zero-order chi connectivity index (χ0) is 56.7. The number of rotatable bonds is 10. The first-order valence-corrected chi connectivity index (χ1v) is 36.5. The molecule has 0 radical (unpaired) electrons. The molecule has 86 heavy (non-hydrogen) atoms. The van der Waals surface area contributed by atoms with Gasteiger partial charge < -0.3 is 29.4 Å². The van der Waals surface area contributed by atoms with Gasteiger partial charge in [-0.1, -0.05) is 187 Å². The van der Waals surface area contributed by atoms with Crippen LogP contribution in [0.5, 0.6) is 0 Å².